The maximum absolute atomic E-state index is 12.5. The van der Waals surface area contributed by atoms with Crippen molar-refractivity contribution >= 4 is 24.0 Å². The first kappa shape index (κ1) is 18.2. The highest BCUT2D eigenvalue weighted by atomic mass is 16.6. The van der Waals surface area contributed by atoms with Gasteiger partial charge < -0.3 is 14.8 Å². The van der Waals surface area contributed by atoms with Crippen LogP contribution in [0.15, 0.2) is 60.3 Å². The molecule has 0 aliphatic carbocycles. The molecule has 2 aromatic carbocycles. The molecule has 27 heavy (non-hydrogen) atoms. The largest absolute Gasteiger partial charge is 0.482 e. The summed E-state index contributed by atoms with van der Waals surface area (Å²) >= 11 is 0. The van der Waals surface area contributed by atoms with E-state index in [9.17, 15) is 14.4 Å². The number of urea groups is 1. The molecule has 7 nitrogen and oxygen atoms in total. The van der Waals surface area contributed by atoms with Gasteiger partial charge in [-0.3, -0.25) is 9.69 Å². The molecule has 3 amide bonds. The minimum absolute atomic E-state index is 0.181. The topological polar surface area (TPSA) is 84.9 Å². The molecular formula is C20H18N2O5. The molecule has 0 unspecified atom stereocenters. The number of hydrogen-bond donors (Lipinski definition) is 1. The quantitative estimate of drug-likeness (QED) is 0.482. The monoisotopic (exact) mass is 366 g/mol. The molecule has 0 bridgehead atoms. The van der Waals surface area contributed by atoms with Crippen LogP contribution >= 0.6 is 0 Å². The summed E-state index contributed by atoms with van der Waals surface area (Å²) in [5.74, 6) is -0.358. The molecule has 1 saturated heterocycles. The number of nitrogens with one attached hydrogen (secondary N) is 1. The third-order valence-corrected chi connectivity index (χ3v) is 3.92. The van der Waals surface area contributed by atoms with E-state index in [-0.39, 0.29) is 24.8 Å². The SMILES string of the molecule is COC(=O)COc1ccc(/C=C2\NC(=O)N(Cc3ccccc3)C2=O)cc1. The van der Waals surface area contributed by atoms with E-state index in [4.69, 9.17) is 4.74 Å². The molecule has 0 saturated carbocycles. The van der Waals surface area contributed by atoms with E-state index in [2.05, 4.69) is 10.1 Å². The number of carbonyl (C=O) groups excluding carboxylic acids is 3. The molecule has 1 N–H and O–H groups in total. The molecule has 138 valence electrons. The Kier molecular flexibility index (Phi) is 5.51. The fourth-order valence-corrected chi connectivity index (χ4v) is 2.51. The zero-order valence-corrected chi connectivity index (χ0v) is 14.7. The van der Waals surface area contributed by atoms with Crippen molar-refractivity contribution in [2.45, 2.75) is 6.54 Å². The van der Waals surface area contributed by atoms with Gasteiger partial charge >= 0.3 is 12.0 Å². The van der Waals surface area contributed by atoms with Crippen LogP contribution in [0, 0.1) is 0 Å². The van der Waals surface area contributed by atoms with Gasteiger partial charge in [0.1, 0.15) is 11.4 Å². The highest BCUT2D eigenvalue weighted by Gasteiger charge is 2.33. The van der Waals surface area contributed by atoms with Crippen LogP contribution in [0.1, 0.15) is 11.1 Å². The third kappa shape index (κ3) is 4.52. The second kappa shape index (κ2) is 8.18. The van der Waals surface area contributed by atoms with Gasteiger partial charge in [-0.25, -0.2) is 9.59 Å². The normalized spacial score (nSPS) is 15.0. The van der Waals surface area contributed by atoms with Crippen LogP contribution in [0.3, 0.4) is 0 Å². The Morgan fingerprint density at radius 3 is 2.44 bits per heavy atom. The van der Waals surface area contributed by atoms with Gasteiger partial charge in [-0.15, -0.1) is 0 Å². The van der Waals surface area contributed by atoms with Crippen molar-refractivity contribution in [2.75, 3.05) is 13.7 Å². The lowest BCUT2D eigenvalue weighted by Crippen LogP contribution is -2.30. The van der Waals surface area contributed by atoms with Crippen LogP contribution in [-0.2, 0) is 20.9 Å². The van der Waals surface area contributed by atoms with Gasteiger partial charge in [-0.1, -0.05) is 42.5 Å². The molecule has 0 aromatic heterocycles. The average Bonchev–Trinajstić information content (AvgIpc) is 2.95. The first-order chi connectivity index (χ1) is 13.1. The van der Waals surface area contributed by atoms with E-state index >= 15 is 0 Å². The van der Waals surface area contributed by atoms with Gasteiger partial charge in [-0.05, 0) is 29.3 Å². The number of rotatable bonds is 6. The lowest BCUT2D eigenvalue weighted by molar-refractivity contribution is -0.142. The predicted molar refractivity (Wildman–Crippen MR) is 97.5 cm³/mol. The van der Waals surface area contributed by atoms with Crippen molar-refractivity contribution in [1.29, 1.82) is 0 Å². The van der Waals surface area contributed by atoms with Gasteiger partial charge in [0.05, 0.1) is 13.7 Å². The Balaban J connectivity index is 1.67. The number of imide groups is 1. The summed E-state index contributed by atoms with van der Waals surface area (Å²) in [6.45, 7) is 0.0308. The highest BCUT2D eigenvalue weighted by Crippen LogP contribution is 2.19. The van der Waals surface area contributed by atoms with Crippen molar-refractivity contribution in [3.8, 4) is 5.75 Å². The van der Waals surface area contributed by atoms with Crippen molar-refractivity contribution in [3.05, 3.63) is 71.4 Å². The second-order valence-corrected chi connectivity index (χ2v) is 5.80. The number of amides is 3. The minimum Gasteiger partial charge on any atom is -0.482 e. The maximum atomic E-state index is 12.5. The van der Waals surface area contributed by atoms with Crippen LogP contribution in [0.4, 0.5) is 4.79 Å². The summed E-state index contributed by atoms with van der Waals surface area (Å²) in [6.07, 6.45) is 1.59. The van der Waals surface area contributed by atoms with E-state index in [1.165, 1.54) is 7.11 Å². The Bertz CT molecular complexity index is 875. The Morgan fingerprint density at radius 2 is 1.78 bits per heavy atom. The van der Waals surface area contributed by atoms with E-state index < -0.39 is 12.0 Å². The standard InChI is InChI=1S/C20H18N2O5/c1-26-18(23)13-27-16-9-7-14(8-10-16)11-17-19(24)22(20(25)21-17)12-15-5-3-2-4-6-15/h2-11H,12-13H2,1H3,(H,21,25)/b17-11-. The van der Waals surface area contributed by atoms with Gasteiger partial charge in [0.15, 0.2) is 6.61 Å². The summed E-state index contributed by atoms with van der Waals surface area (Å²) in [5, 5.41) is 2.59. The molecule has 2 aromatic rings. The lowest BCUT2D eigenvalue weighted by Gasteiger charge is -2.11. The van der Waals surface area contributed by atoms with Crippen LogP contribution in [-0.4, -0.2) is 36.5 Å². The Morgan fingerprint density at radius 1 is 1.07 bits per heavy atom. The number of ether oxygens (including phenoxy) is 2. The summed E-state index contributed by atoms with van der Waals surface area (Å²) in [5.41, 5.74) is 1.79. The van der Waals surface area contributed by atoms with E-state index in [1.54, 1.807) is 30.3 Å². The molecule has 3 rings (SSSR count). The number of carbonyl (C=O) groups is 3. The van der Waals surface area contributed by atoms with Crippen LogP contribution in [0.5, 0.6) is 5.75 Å². The molecule has 7 heteroatoms. The zero-order chi connectivity index (χ0) is 19.2. The lowest BCUT2D eigenvalue weighted by atomic mass is 10.1. The summed E-state index contributed by atoms with van der Waals surface area (Å²) in [4.78, 5) is 36.8. The summed E-state index contributed by atoms with van der Waals surface area (Å²) < 4.78 is 9.77. The van der Waals surface area contributed by atoms with Crippen LogP contribution in [0.25, 0.3) is 6.08 Å². The average molecular weight is 366 g/mol. The molecule has 1 fully saturated rings. The third-order valence-electron chi connectivity index (χ3n) is 3.92. The summed E-state index contributed by atoms with van der Waals surface area (Å²) in [6, 6.07) is 15.6. The predicted octanol–water partition coefficient (Wildman–Crippen LogP) is 2.33. The Hall–Kier alpha value is -3.61. The van der Waals surface area contributed by atoms with Crippen LogP contribution < -0.4 is 10.1 Å². The van der Waals surface area contributed by atoms with Gasteiger partial charge in [0.2, 0.25) is 0 Å². The molecule has 1 heterocycles. The fraction of sp³-hybridized carbons (Fsp3) is 0.150. The number of esters is 1. The number of nitrogens with zero attached hydrogens (tertiary/aromatic N) is 1. The molecule has 0 atom stereocenters. The summed E-state index contributed by atoms with van der Waals surface area (Å²) in [7, 11) is 1.29. The molecule has 0 spiro atoms. The van der Waals surface area contributed by atoms with Gasteiger partial charge in [-0.2, -0.15) is 0 Å². The maximum Gasteiger partial charge on any atom is 0.343 e. The Labute approximate surface area is 156 Å². The number of benzene rings is 2. The van der Waals surface area contributed by atoms with E-state index in [0.29, 0.717) is 11.3 Å². The molecule has 1 aliphatic rings. The highest BCUT2D eigenvalue weighted by molar-refractivity contribution is 6.13. The molecular weight excluding hydrogens is 348 g/mol. The van der Waals surface area contributed by atoms with Crippen LogP contribution in [0.2, 0.25) is 0 Å². The first-order valence-electron chi connectivity index (χ1n) is 8.25. The van der Waals surface area contributed by atoms with Crippen molar-refractivity contribution in [1.82, 2.24) is 10.2 Å². The molecule has 0 radical (unpaired) electrons. The fourth-order valence-electron chi connectivity index (χ4n) is 2.51. The van der Waals surface area contributed by atoms with Gasteiger partial charge in [0.25, 0.3) is 5.91 Å². The van der Waals surface area contributed by atoms with Gasteiger partial charge in [0, 0.05) is 0 Å². The molecule has 1 aliphatic heterocycles. The minimum atomic E-state index is -0.473. The van der Waals surface area contributed by atoms with Crippen molar-refractivity contribution < 1.29 is 23.9 Å². The van der Waals surface area contributed by atoms with Crippen molar-refractivity contribution in [3.63, 3.8) is 0 Å². The first-order valence-corrected chi connectivity index (χ1v) is 8.25. The second-order valence-electron chi connectivity index (χ2n) is 5.80. The zero-order valence-electron chi connectivity index (χ0n) is 14.7. The van der Waals surface area contributed by atoms with E-state index in [1.807, 2.05) is 30.3 Å². The van der Waals surface area contributed by atoms with Crippen molar-refractivity contribution in [2.24, 2.45) is 0 Å². The number of methoxy groups -OCH3 is 1. The van der Waals surface area contributed by atoms with E-state index in [0.717, 1.165) is 10.5 Å². The smallest absolute Gasteiger partial charge is 0.343 e. The number of hydrogen-bond acceptors (Lipinski definition) is 5.